The molecule has 0 saturated carbocycles. The number of hydrogen-bond acceptors (Lipinski definition) is 5. The van der Waals surface area contributed by atoms with Gasteiger partial charge in [-0.25, -0.2) is 0 Å². The van der Waals surface area contributed by atoms with Crippen LogP contribution in [-0.2, 0) is 4.79 Å². The highest BCUT2D eigenvalue weighted by molar-refractivity contribution is 6.30. The van der Waals surface area contributed by atoms with Crippen molar-refractivity contribution >= 4 is 28.9 Å². The van der Waals surface area contributed by atoms with Gasteiger partial charge in [0, 0.05) is 11.1 Å². The molecule has 0 aliphatic heterocycles. The van der Waals surface area contributed by atoms with Crippen molar-refractivity contribution in [3.63, 3.8) is 0 Å². The predicted octanol–water partition coefficient (Wildman–Crippen LogP) is 3.14. The number of ether oxygens (including phenoxy) is 1. The summed E-state index contributed by atoms with van der Waals surface area (Å²) in [6.07, 6.45) is 0. The lowest BCUT2D eigenvalue weighted by atomic mass is 10.2. The first-order chi connectivity index (χ1) is 11.0. The number of nitriles is 1. The van der Waals surface area contributed by atoms with Crippen LogP contribution in [0, 0.1) is 21.4 Å². The highest BCUT2D eigenvalue weighted by Crippen LogP contribution is 2.29. The molecule has 0 aliphatic rings. The molecule has 1 amide bonds. The van der Waals surface area contributed by atoms with E-state index in [9.17, 15) is 14.9 Å². The van der Waals surface area contributed by atoms with Crippen LogP contribution < -0.4 is 10.1 Å². The van der Waals surface area contributed by atoms with Crippen molar-refractivity contribution in [2.45, 2.75) is 0 Å². The van der Waals surface area contributed by atoms with Crippen LogP contribution in [-0.4, -0.2) is 17.4 Å². The third-order valence-electron chi connectivity index (χ3n) is 2.80. The van der Waals surface area contributed by atoms with Crippen molar-refractivity contribution in [3.05, 3.63) is 63.2 Å². The summed E-state index contributed by atoms with van der Waals surface area (Å²) >= 11 is 5.69. The van der Waals surface area contributed by atoms with Crippen molar-refractivity contribution < 1.29 is 14.5 Å². The number of nitrogens with zero attached hydrogens (tertiary/aromatic N) is 2. The molecule has 0 saturated heterocycles. The third-order valence-corrected chi connectivity index (χ3v) is 3.03. The number of rotatable bonds is 5. The lowest BCUT2D eigenvalue weighted by molar-refractivity contribution is -0.385. The lowest BCUT2D eigenvalue weighted by Gasteiger charge is -2.09. The second-order valence-corrected chi connectivity index (χ2v) is 4.80. The molecule has 0 bridgehead atoms. The van der Waals surface area contributed by atoms with Gasteiger partial charge >= 0.3 is 5.69 Å². The summed E-state index contributed by atoms with van der Waals surface area (Å²) in [6, 6.07) is 12.3. The average Bonchev–Trinajstić information content (AvgIpc) is 2.54. The number of carbonyl (C=O) groups excluding carboxylic acids is 1. The molecule has 0 aromatic heterocycles. The number of nitrogens with one attached hydrogen (secondary N) is 1. The largest absolute Gasteiger partial charge is 0.477 e. The van der Waals surface area contributed by atoms with Crippen molar-refractivity contribution in [2.75, 3.05) is 11.9 Å². The topological polar surface area (TPSA) is 105 Å². The van der Waals surface area contributed by atoms with Crippen LogP contribution in [0.5, 0.6) is 5.75 Å². The fourth-order valence-corrected chi connectivity index (χ4v) is 1.94. The van der Waals surface area contributed by atoms with E-state index in [1.807, 2.05) is 6.07 Å². The normalized spacial score (nSPS) is 9.74. The molecule has 0 heterocycles. The monoisotopic (exact) mass is 331 g/mol. The van der Waals surface area contributed by atoms with Gasteiger partial charge in [0.25, 0.3) is 5.91 Å². The highest BCUT2D eigenvalue weighted by Gasteiger charge is 2.17. The van der Waals surface area contributed by atoms with E-state index in [2.05, 4.69) is 5.32 Å². The number of amides is 1. The molecule has 7 nitrogen and oxygen atoms in total. The summed E-state index contributed by atoms with van der Waals surface area (Å²) in [5.41, 5.74) is 0.315. The molecule has 2 rings (SSSR count). The molecule has 0 aliphatic carbocycles. The van der Waals surface area contributed by atoms with Gasteiger partial charge in [-0.2, -0.15) is 5.26 Å². The van der Waals surface area contributed by atoms with E-state index in [0.717, 1.165) is 6.07 Å². The molecular weight excluding hydrogens is 322 g/mol. The first kappa shape index (κ1) is 16.3. The molecule has 0 atom stereocenters. The molecule has 2 aromatic carbocycles. The zero-order valence-electron chi connectivity index (χ0n) is 11.7. The minimum Gasteiger partial charge on any atom is -0.477 e. The second-order valence-electron chi connectivity index (χ2n) is 4.36. The van der Waals surface area contributed by atoms with Crippen molar-refractivity contribution in [2.24, 2.45) is 0 Å². The van der Waals surface area contributed by atoms with Gasteiger partial charge in [-0.1, -0.05) is 23.7 Å². The second kappa shape index (κ2) is 7.24. The van der Waals surface area contributed by atoms with E-state index in [0.29, 0.717) is 11.3 Å². The van der Waals surface area contributed by atoms with Gasteiger partial charge < -0.3 is 10.1 Å². The molecule has 0 radical (unpaired) electrons. The first-order valence-electron chi connectivity index (χ1n) is 6.37. The number of nitro groups is 1. The van der Waals surface area contributed by atoms with Gasteiger partial charge in [0.15, 0.2) is 12.4 Å². The van der Waals surface area contributed by atoms with Crippen molar-refractivity contribution in [1.82, 2.24) is 0 Å². The summed E-state index contributed by atoms with van der Waals surface area (Å²) in [6.45, 7) is -0.442. The number of carbonyl (C=O) groups is 1. The molecule has 0 fully saturated rings. The molecule has 8 heteroatoms. The zero-order chi connectivity index (χ0) is 16.8. The number of benzene rings is 2. The van der Waals surface area contributed by atoms with Gasteiger partial charge in [0.1, 0.15) is 6.07 Å². The Bertz CT molecular complexity index is 802. The Hall–Kier alpha value is -3.11. The minimum atomic E-state index is -0.649. The Kier molecular flexibility index (Phi) is 5.12. The maximum Gasteiger partial charge on any atom is 0.312 e. The fraction of sp³-hybridized carbons (Fsp3) is 0.0667. The van der Waals surface area contributed by atoms with Crippen LogP contribution in [0.3, 0.4) is 0 Å². The summed E-state index contributed by atoms with van der Waals surface area (Å²) in [5.74, 6) is -0.611. The molecule has 116 valence electrons. The molecule has 0 spiro atoms. The summed E-state index contributed by atoms with van der Waals surface area (Å²) in [5, 5.41) is 22.6. The standard InChI is InChI=1S/C15H10ClN3O4/c16-11-5-6-14(13(7-11)19(21)22)23-9-15(20)18-12-4-2-1-3-10(12)8-17/h1-7H,9H2,(H,18,20). The summed E-state index contributed by atoms with van der Waals surface area (Å²) in [7, 11) is 0. The fourth-order valence-electron chi connectivity index (χ4n) is 1.77. The molecule has 23 heavy (non-hydrogen) atoms. The minimum absolute atomic E-state index is 0.0666. The van der Waals surface area contributed by atoms with Gasteiger partial charge in [-0.3, -0.25) is 14.9 Å². The number of para-hydroxylation sites is 1. The van der Waals surface area contributed by atoms with Crippen molar-refractivity contribution in [3.8, 4) is 11.8 Å². The highest BCUT2D eigenvalue weighted by atomic mass is 35.5. The van der Waals surface area contributed by atoms with E-state index in [1.54, 1.807) is 24.3 Å². The van der Waals surface area contributed by atoms with Gasteiger partial charge in [0.05, 0.1) is 16.2 Å². The van der Waals surface area contributed by atoms with Gasteiger partial charge in [-0.05, 0) is 24.3 Å². The average molecular weight is 332 g/mol. The third kappa shape index (κ3) is 4.18. The summed E-state index contributed by atoms with van der Waals surface area (Å²) < 4.78 is 5.17. The maximum atomic E-state index is 11.9. The number of halogens is 1. The molecular formula is C15H10ClN3O4. The van der Waals surface area contributed by atoms with Gasteiger partial charge in [0.2, 0.25) is 0 Å². The maximum absolute atomic E-state index is 11.9. The Labute approximate surface area is 136 Å². The zero-order valence-corrected chi connectivity index (χ0v) is 12.4. The Balaban J connectivity index is 2.06. The quantitative estimate of drug-likeness (QED) is 0.669. The van der Waals surface area contributed by atoms with Crippen LogP contribution in [0.2, 0.25) is 5.02 Å². The molecule has 0 unspecified atom stereocenters. The lowest BCUT2D eigenvalue weighted by Crippen LogP contribution is -2.21. The van der Waals surface area contributed by atoms with E-state index in [4.69, 9.17) is 21.6 Å². The van der Waals surface area contributed by atoms with E-state index >= 15 is 0 Å². The van der Waals surface area contributed by atoms with Crippen molar-refractivity contribution in [1.29, 1.82) is 5.26 Å². The summed E-state index contributed by atoms with van der Waals surface area (Å²) in [4.78, 5) is 22.1. The van der Waals surface area contributed by atoms with Crippen LogP contribution in [0.4, 0.5) is 11.4 Å². The molecule has 2 aromatic rings. The molecule has 1 N–H and O–H groups in total. The Morgan fingerprint density at radius 2 is 2.09 bits per heavy atom. The van der Waals surface area contributed by atoms with E-state index in [-0.39, 0.29) is 16.5 Å². The van der Waals surface area contributed by atoms with Crippen LogP contribution >= 0.6 is 11.6 Å². The first-order valence-corrected chi connectivity index (χ1v) is 6.75. The Morgan fingerprint density at radius 3 is 2.78 bits per heavy atom. The van der Waals surface area contributed by atoms with Gasteiger partial charge in [-0.15, -0.1) is 0 Å². The van der Waals surface area contributed by atoms with E-state index in [1.165, 1.54) is 12.1 Å². The SMILES string of the molecule is N#Cc1ccccc1NC(=O)COc1ccc(Cl)cc1[N+](=O)[O-]. The predicted molar refractivity (Wildman–Crippen MR) is 83.4 cm³/mol. The smallest absolute Gasteiger partial charge is 0.312 e. The van der Waals surface area contributed by atoms with Crippen LogP contribution in [0.1, 0.15) is 5.56 Å². The number of hydrogen-bond donors (Lipinski definition) is 1. The van der Waals surface area contributed by atoms with E-state index < -0.39 is 17.4 Å². The Morgan fingerprint density at radius 1 is 1.35 bits per heavy atom. The van der Waals surface area contributed by atoms with Crippen LogP contribution in [0.25, 0.3) is 0 Å². The number of anilines is 1. The number of nitro benzene ring substituents is 1. The van der Waals surface area contributed by atoms with Crippen LogP contribution in [0.15, 0.2) is 42.5 Å².